The Kier molecular flexibility index (Phi) is 7.30. The lowest BCUT2D eigenvalue weighted by atomic mass is 10.1. The van der Waals surface area contributed by atoms with E-state index in [-0.39, 0.29) is 28.0 Å². The molecule has 1 aliphatic heterocycles. The van der Waals surface area contributed by atoms with Crippen LogP contribution >= 0.6 is 11.6 Å². The number of hydrogen-bond donors (Lipinski definition) is 1. The molecule has 3 rings (SSSR count). The quantitative estimate of drug-likeness (QED) is 0.705. The van der Waals surface area contributed by atoms with Gasteiger partial charge in [-0.1, -0.05) is 29.3 Å². The standard InChI is InChI=1S/C22H26ClN3O5S/c1-4-31-22(28)26-11-9-25(10-12-26)21(27)17-6-7-18(23)20(14-17)32(29,30)24-19-8-5-15(2)13-16(19)3/h5-8,13-14,24H,4,9-12H2,1-3H3. The Bertz CT molecular complexity index is 1130. The van der Waals surface area contributed by atoms with Crippen LogP contribution in [0.5, 0.6) is 0 Å². The number of nitrogens with zero attached hydrogens (tertiary/aromatic N) is 2. The highest BCUT2D eigenvalue weighted by atomic mass is 35.5. The zero-order chi connectivity index (χ0) is 23.5. The van der Waals surface area contributed by atoms with Crippen LogP contribution in [0.2, 0.25) is 5.02 Å². The molecule has 10 heteroatoms. The van der Waals surface area contributed by atoms with Crippen LogP contribution in [0.15, 0.2) is 41.3 Å². The van der Waals surface area contributed by atoms with Gasteiger partial charge in [-0.3, -0.25) is 9.52 Å². The first kappa shape index (κ1) is 23.9. The maximum absolute atomic E-state index is 13.0. The fourth-order valence-electron chi connectivity index (χ4n) is 3.46. The number of carbonyl (C=O) groups is 2. The summed E-state index contributed by atoms with van der Waals surface area (Å²) in [5, 5.41) is 0.0194. The summed E-state index contributed by atoms with van der Waals surface area (Å²) in [5.41, 5.74) is 2.44. The van der Waals surface area contributed by atoms with E-state index in [0.717, 1.165) is 11.1 Å². The van der Waals surface area contributed by atoms with Crippen molar-refractivity contribution in [2.75, 3.05) is 37.5 Å². The Labute approximate surface area is 193 Å². The molecule has 1 heterocycles. The van der Waals surface area contributed by atoms with Gasteiger partial charge >= 0.3 is 6.09 Å². The highest BCUT2D eigenvalue weighted by Crippen LogP contribution is 2.27. The average molecular weight is 480 g/mol. The molecule has 0 bridgehead atoms. The molecule has 0 aromatic heterocycles. The minimum absolute atomic E-state index is 0.0194. The number of ether oxygens (including phenoxy) is 1. The lowest BCUT2D eigenvalue weighted by Crippen LogP contribution is -2.50. The smallest absolute Gasteiger partial charge is 0.409 e. The molecule has 1 saturated heterocycles. The van der Waals surface area contributed by atoms with E-state index in [9.17, 15) is 18.0 Å². The average Bonchev–Trinajstić information content (AvgIpc) is 2.75. The summed E-state index contributed by atoms with van der Waals surface area (Å²) >= 11 is 6.18. The summed E-state index contributed by atoms with van der Waals surface area (Å²) in [7, 11) is -4.01. The SMILES string of the molecule is CCOC(=O)N1CCN(C(=O)c2ccc(Cl)c(S(=O)(=O)Nc3ccc(C)cc3C)c2)CC1. The number of piperazine rings is 1. The molecule has 172 valence electrons. The minimum atomic E-state index is -4.01. The minimum Gasteiger partial charge on any atom is -0.450 e. The van der Waals surface area contributed by atoms with Crippen molar-refractivity contribution in [1.29, 1.82) is 0 Å². The van der Waals surface area contributed by atoms with Gasteiger partial charge in [-0.25, -0.2) is 13.2 Å². The van der Waals surface area contributed by atoms with Gasteiger partial charge < -0.3 is 14.5 Å². The van der Waals surface area contributed by atoms with E-state index in [4.69, 9.17) is 16.3 Å². The Morgan fingerprint density at radius 2 is 1.69 bits per heavy atom. The number of hydrogen-bond acceptors (Lipinski definition) is 5. The summed E-state index contributed by atoms with van der Waals surface area (Å²) in [6, 6.07) is 9.55. The maximum Gasteiger partial charge on any atom is 0.409 e. The van der Waals surface area contributed by atoms with Crippen LogP contribution in [0.1, 0.15) is 28.4 Å². The van der Waals surface area contributed by atoms with Crippen molar-refractivity contribution in [1.82, 2.24) is 9.80 Å². The van der Waals surface area contributed by atoms with Crippen LogP contribution in [0.3, 0.4) is 0 Å². The number of anilines is 1. The van der Waals surface area contributed by atoms with Crippen LogP contribution < -0.4 is 4.72 Å². The molecule has 32 heavy (non-hydrogen) atoms. The van der Waals surface area contributed by atoms with Gasteiger partial charge in [0.2, 0.25) is 0 Å². The molecule has 0 atom stereocenters. The molecule has 0 radical (unpaired) electrons. The molecule has 1 aliphatic rings. The van der Waals surface area contributed by atoms with Crippen molar-refractivity contribution in [2.24, 2.45) is 0 Å². The van der Waals surface area contributed by atoms with E-state index < -0.39 is 16.1 Å². The van der Waals surface area contributed by atoms with E-state index in [1.807, 2.05) is 26.0 Å². The zero-order valence-electron chi connectivity index (χ0n) is 18.2. The zero-order valence-corrected chi connectivity index (χ0v) is 19.8. The highest BCUT2D eigenvalue weighted by molar-refractivity contribution is 7.92. The van der Waals surface area contributed by atoms with E-state index in [2.05, 4.69) is 4.72 Å². The van der Waals surface area contributed by atoms with E-state index in [0.29, 0.717) is 31.9 Å². The summed E-state index contributed by atoms with van der Waals surface area (Å²) in [6.45, 7) is 7.09. The summed E-state index contributed by atoms with van der Waals surface area (Å²) < 4.78 is 33.6. The first-order valence-corrected chi connectivity index (χ1v) is 12.1. The number of aryl methyl sites for hydroxylation is 2. The number of benzene rings is 2. The van der Waals surface area contributed by atoms with Crippen molar-refractivity contribution < 1.29 is 22.7 Å². The fraction of sp³-hybridized carbons (Fsp3) is 0.364. The Balaban J connectivity index is 1.78. The molecule has 1 N–H and O–H groups in total. The molecule has 0 aliphatic carbocycles. The van der Waals surface area contributed by atoms with Gasteiger partial charge in [0.25, 0.3) is 15.9 Å². The van der Waals surface area contributed by atoms with Gasteiger partial charge in [-0.05, 0) is 50.6 Å². The van der Waals surface area contributed by atoms with Crippen molar-refractivity contribution in [3.8, 4) is 0 Å². The second-order valence-electron chi connectivity index (χ2n) is 7.55. The third-order valence-corrected chi connectivity index (χ3v) is 7.03. The van der Waals surface area contributed by atoms with E-state index in [1.54, 1.807) is 22.8 Å². The molecule has 2 amide bonds. The Hall–Kier alpha value is -2.78. The van der Waals surface area contributed by atoms with Crippen LogP contribution in [0, 0.1) is 13.8 Å². The lowest BCUT2D eigenvalue weighted by Gasteiger charge is -2.34. The summed E-state index contributed by atoms with van der Waals surface area (Å²) in [6.07, 6.45) is -0.406. The first-order valence-electron chi connectivity index (χ1n) is 10.2. The molecule has 0 unspecified atom stereocenters. The van der Waals surface area contributed by atoms with Crippen LogP contribution in [-0.4, -0.2) is 63.0 Å². The molecule has 2 aromatic rings. The highest BCUT2D eigenvalue weighted by Gasteiger charge is 2.27. The monoisotopic (exact) mass is 479 g/mol. The van der Waals surface area contributed by atoms with Crippen LogP contribution in [-0.2, 0) is 14.8 Å². The molecule has 0 saturated carbocycles. The van der Waals surface area contributed by atoms with Crippen molar-refractivity contribution in [3.05, 3.63) is 58.1 Å². The Morgan fingerprint density at radius 1 is 1.03 bits per heavy atom. The van der Waals surface area contributed by atoms with Crippen molar-refractivity contribution >= 4 is 39.3 Å². The van der Waals surface area contributed by atoms with Gasteiger partial charge in [0, 0.05) is 31.7 Å². The number of nitrogens with one attached hydrogen (secondary N) is 1. The van der Waals surface area contributed by atoms with Gasteiger partial charge in [-0.2, -0.15) is 0 Å². The number of amides is 2. The molecular formula is C22H26ClN3O5S. The molecule has 2 aromatic carbocycles. The summed E-state index contributed by atoms with van der Waals surface area (Å²) in [5.74, 6) is -0.326. The van der Waals surface area contributed by atoms with E-state index in [1.165, 1.54) is 18.2 Å². The van der Waals surface area contributed by atoms with Gasteiger partial charge in [0.1, 0.15) is 4.90 Å². The topological polar surface area (TPSA) is 96.0 Å². The fourth-order valence-corrected chi connectivity index (χ4v) is 5.12. The second kappa shape index (κ2) is 9.79. The largest absolute Gasteiger partial charge is 0.450 e. The number of carbonyl (C=O) groups excluding carboxylic acids is 2. The number of halogens is 1. The van der Waals surface area contributed by atoms with Gasteiger partial charge in [0.05, 0.1) is 17.3 Å². The number of sulfonamides is 1. The van der Waals surface area contributed by atoms with Gasteiger partial charge in [0.15, 0.2) is 0 Å². The molecule has 0 spiro atoms. The Morgan fingerprint density at radius 3 is 2.31 bits per heavy atom. The summed E-state index contributed by atoms with van der Waals surface area (Å²) in [4.78, 5) is 27.8. The molecule has 1 fully saturated rings. The van der Waals surface area contributed by atoms with Crippen molar-refractivity contribution in [2.45, 2.75) is 25.7 Å². The van der Waals surface area contributed by atoms with Crippen molar-refractivity contribution in [3.63, 3.8) is 0 Å². The third kappa shape index (κ3) is 5.34. The van der Waals surface area contributed by atoms with Crippen LogP contribution in [0.25, 0.3) is 0 Å². The number of rotatable bonds is 5. The predicted molar refractivity (Wildman–Crippen MR) is 123 cm³/mol. The lowest BCUT2D eigenvalue weighted by molar-refractivity contribution is 0.0570. The first-order chi connectivity index (χ1) is 15.1. The van der Waals surface area contributed by atoms with E-state index >= 15 is 0 Å². The maximum atomic E-state index is 13.0. The second-order valence-corrected chi connectivity index (χ2v) is 9.61. The van der Waals surface area contributed by atoms with Crippen LogP contribution in [0.4, 0.5) is 10.5 Å². The van der Waals surface area contributed by atoms with Gasteiger partial charge in [-0.15, -0.1) is 0 Å². The predicted octanol–water partition coefficient (Wildman–Crippen LogP) is 3.67. The molecular weight excluding hydrogens is 454 g/mol. The third-order valence-electron chi connectivity index (χ3n) is 5.19. The molecule has 8 nitrogen and oxygen atoms in total. The normalized spacial score (nSPS) is 14.2.